The van der Waals surface area contributed by atoms with Crippen molar-refractivity contribution in [3.05, 3.63) is 52.1 Å². The van der Waals surface area contributed by atoms with E-state index in [0.29, 0.717) is 29.6 Å². The summed E-state index contributed by atoms with van der Waals surface area (Å²) in [4.78, 5) is 22.6. The summed E-state index contributed by atoms with van der Waals surface area (Å²) in [6.45, 7) is 4.34. The number of rotatable bonds is 9. The van der Waals surface area contributed by atoms with E-state index >= 15 is 0 Å². The van der Waals surface area contributed by atoms with Crippen LogP contribution in [0.4, 0.5) is 22.7 Å². The van der Waals surface area contributed by atoms with Crippen LogP contribution in [0.25, 0.3) is 0 Å². The van der Waals surface area contributed by atoms with Gasteiger partial charge >= 0.3 is 0 Å². The zero-order valence-electron chi connectivity index (χ0n) is 20.8. The lowest BCUT2D eigenvalue weighted by Gasteiger charge is -2.25. The van der Waals surface area contributed by atoms with Crippen LogP contribution in [0.5, 0.6) is 5.75 Å². The Bertz CT molecular complexity index is 1040. The van der Waals surface area contributed by atoms with Crippen LogP contribution >= 0.6 is 0 Å². The predicted molar refractivity (Wildman–Crippen MR) is 139 cm³/mol. The van der Waals surface area contributed by atoms with Gasteiger partial charge in [-0.15, -0.1) is 0 Å². The van der Waals surface area contributed by atoms with E-state index in [1.165, 1.54) is 17.3 Å². The van der Waals surface area contributed by atoms with Crippen molar-refractivity contribution in [2.24, 2.45) is 4.99 Å². The molecule has 1 heterocycles. The van der Waals surface area contributed by atoms with E-state index in [0.717, 1.165) is 19.5 Å². The molecule has 1 atom stereocenters. The smallest absolute Gasteiger partial charge is 0.294 e. The van der Waals surface area contributed by atoms with Gasteiger partial charge in [0.15, 0.2) is 5.96 Å². The number of benzene rings is 2. The molecule has 1 aliphatic rings. The van der Waals surface area contributed by atoms with Crippen molar-refractivity contribution in [3.8, 4) is 5.75 Å². The Balaban J connectivity index is 1.91. The quantitative estimate of drug-likeness (QED) is 0.250. The Morgan fingerprint density at radius 2 is 2.00 bits per heavy atom. The molecule has 0 aliphatic carbocycles. The highest BCUT2D eigenvalue weighted by Crippen LogP contribution is 2.38. The zero-order valence-corrected chi connectivity index (χ0v) is 20.8. The largest absolute Gasteiger partial charge is 0.494 e. The lowest BCUT2D eigenvalue weighted by Crippen LogP contribution is -2.36. The number of ether oxygens (including phenoxy) is 1. The normalized spacial score (nSPS) is 15.3. The molecule has 184 valence electrons. The van der Waals surface area contributed by atoms with Crippen molar-refractivity contribution in [2.45, 2.75) is 19.5 Å². The first-order valence-electron chi connectivity index (χ1n) is 11.4. The number of hydrogen-bond donors (Lipinski definition) is 2. The minimum atomic E-state index is -0.366. The Hall–Kier alpha value is -3.53. The Morgan fingerprint density at radius 3 is 2.62 bits per heavy atom. The van der Waals surface area contributed by atoms with Gasteiger partial charge in [-0.05, 0) is 32.6 Å². The van der Waals surface area contributed by atoms with Gasteiger partial charge in [0.2, 0.25) is 0 Å². The highest BCUT2D eigenvalue weighted by molar-refractivity contribution is 5.96. The molecule has 2 N–H and O–H groups in total. The lowest BCUT2D eigenvalue weighted by molar-refractivity contribution is -0.384. The van der Waals surface area contributed by atoms with Gasteiger partial charge in [0.05, 0.1) is 17.7 Å². The first kappa shape index (κ1) is 25.1. The van der Waals surface area contributed by atoms with E-state index in [9.17, 15) is 10.1 Å². The molecule has 10 heteroatoms. The van der Waals surface area contributed by atoms with Gasteiger partial charge in [-0.2, -0.15) is 0 Å². The van der Waals surface area contributed by atoms with Crippen LogP contribution in [-0.4, -0.2) is 76.9 Å². The van der Waals surface area contributed by atoms with Crippen molar-refractivity contribution in [1.29, 1.82) is 0 Å². The summed E-state index contributed by atoms with van der Waals surface area (Å²) >= 11 is 0. The van der Waals surface area contributed by atoms with E-state index in [4.69, 9.17) is 9.73 Å². The maximum absolute atomic E-state index is 11.9. The molecular weight excluding hydrogens is 434 g/mol. The average molecular weight is 470 g/mol. The molecule has 2 aromatic carbocycles. The van der Waals surface area contributed by atoms with Crippen molar-refractivity contribution in [3.63, 3.8) is 0 Å². The standard InChI is InChI=1S/C24H35N7O3/c1-7-30-19-11-9-8-10-17(19)14-23(30)27-24(25-2)26-18-15-21(31(32)33)20(16-22(18)34-6)29(5)13-12-28(3)4/h8-11,15-16,23H,7,12-14H2,1-6H3,(H2,25,26,27). The average Bonchev–Trinajstić information content (AvgIpc) is 3.18. The van der Waals surface area contributed by atoms with E-state index in [2.05, 4.69) is 34.6 Å². The molecular formula is C24H35N7O3. The molecule has 0 saturated carbocycles. The minimum Gasteiger partial charge on any atom is -0.494 e. The van der Waals surface area contributed by atoms with E-state index < -0.39 is 0 Å². The Morgan fingerprint density at radius 1 is 1.26 bits per heavy atom. The number of methoxy groups -OCH3 is 1. The molecule has 0 fully saturated rings. The molecule has 0 radical (unpaired) electrons. The number of nitro groups is 1. The van der Waals surface area contributed by atoms with E-state index in [1.807, 2.05) is 43.1 Å². The topological polar surface area (TPSA) is 98.5 Å². The van der Waals surface area contributed by atoms with Gasteiger partial charge < -0.3 is 30.1 Å². The van der Waals surface area contributed by atoms with Crippen LogP contribution < -0.4 is 25.2 Å². The Kier molecular flexibility index (Phi) is 8.17. The van der Waals surface area contributed by atoms with Crippen LogP contribution in [-0.2, 0) is 6.42 Å². The number of fused-ring (bicyclic) bond motifs is 1. The molecule has 0 saturated heterocycles. The third-order valence-corrected chi connectivity index (χ3v) is 5.96. The molecule has 1 unspecified atom stereocenters. The number of aliphatic imine (C=N–C) groups is 1. The first-order valence-corrected chi connectivity index (χ1v) is 11.4. The molecule has 0 aromatic heterocycles. The fourth-order valence-corrected chi connectivity index (χ4v) is 4.11. The number of guanidine groups is 1. The van der Waals surface area contributed by atoms with Crippen molar-refractivity contribution >= 4 is 28.7 Å². The number of nitro benzene ring substituents is 1. The molecule has 0 spiro atoms. The van der Waals surface area contributed by atoms with Crippen LogP contribution in [0.2, 0.25) is 0 Å². The van der Waals surface area contributed by atoms with Gasteiger partial charge in [-0.1, -0.05) is 18.2 Å². The third-order valence-electron chi connectivity index (χ3n) is 5.96. The third kappa shape index (κ3) is 5.51. The zero-order chi connectivity index (χ0) is 24.8. The van der Waals surface area contributed by atoms with E-state index in [-0.39, 0.29) is 16.8 Å². The summed E-state index contributed by atoms with van der Waals surface area (Å²) < 4.78 is 5.59. The van der Waals surface area contributed by atoms with Crippen LogP contribution in [0, 0.1) is 10.1 Å². The fraction of sp³-hybridized carbons (Fsp3) is 0.458. The molecule has 34 heavy (non-hydrogen) atoms. The van der Waals surface area contributed by atoms with Gasteiger partial charge in [0, 0.05) is 58.0 Å². The monoisotopic (exact) mass is 469 g/mol. The first-order chi connectivity index (χ1) is 16.3. The van der Waals surface area contributed by atoms with Crippen molar-refractivity contribution in [1.82, 2.24) is 10.2 Å². The van der Waals surface area contributed by atoms with Crippen molar-refractivity contribution < 1.29 is 9.66 Å². The second kappa shape index (κ2) is 11.1. The van der Waals surface area contributed by atoms with Crippen LogP contribution in [0.3, 0.4) is 0 Å². The summed E-state index contributed by atoms with van der Waals surface area (Å²) in [6, 6.07) is 11.5. The number of anilines is 3. The second-order valence-corrected chi connectivity index (χ2v) is 8.48. The highest BCUT2D eigenvalue weighted by atomic mass is 16.6. The second-order valence-electron chi connectivity index (χ2n) is 8.48. The summed E-state index contributed by atoms with van der Waals surface area (Å²) in [7, 11) is 9.11. The van der Waals surface area contributed by atoms with Gasteiger partial charge in [0.25, 0.3) is 5.69 Å². The SMILES string of the molecule is CCN1c2ccccc2CC1N=C(NC)Nc1cc([N+](=O)[O-])c(N(C)CCN(C)C)cc1OC. The molecule has 10 nitrogen and oxygen atoms in total. The Labute approximate surface area is 201 Å². The number of para-hydroxylation sites is 1. The van der Waals surface area contributed by atoms with Gasteiger partial charge in [0.1, 0.15) is 17.6 Å². The number of nitrogens with zero attached hydrogens (tertiary/aromatic N) is 5. The summed E-state index contributed by atoms with van der Waals surface area (Å²) in [5.74, 6) is 1.01. The van der Waals surface area contributed by atoms with Gasteiger partial charge in [-0.25, -0.2) is 4.99 Å². The summed E-state index contributed by atoms with van der Waals surface area (Å²) in [5.41, 5.74) is 3.43. The van der Waals surface area contributed by atoms with Crippen LogP contribution in [0.1, 0.15) is 12.5 Å². The molecule has 0 amide bonds. The highest BCUT2D eigenvalue weighted by Gasteiger charge is 2.28. The van der Waals surface area contributed by atoms with E-state index in [1.54, 1.807) is 20.2 Å². The molecule has 0 bridgehead atoms. The summed E-state index contributed by atoms with van der Waals surface area (Å²) in [5, 5.41) is 18.2. The molecule has 2 aromatic rings. The number of hydrogen-bond acceptors (Lipinski definition) is 7. The van der Waals surface area contributed by atoms with Crippen LogP contribution in [0.15, 0.2) is 41.4 Å². The minimum absolute atomic E-state index is 0.00321. The van der Waals surface area contributed by atoms with Gasteiger partial charge in [-0.3, -0.25) is 10.1 Å². The summed E-state index contributed by atoms with van der Waals surface area (Å²) in [6.07, 6.45) is 0.721. The van der Waals surface area contributed by atoms with Crippen molar-refractivity contribution in [2.75, 3.05) is 70.1 Å². The maximum atomic E-state index is 11.9. The molecule has 1 aliphatic heterocycles. The predicted octanol–water partition coefficient (Wildman–Crippen LogP) is 3.00. The fourth-order valence-electron chi connectivity index (χ4n) is 4.11. The lowest BCUT2D eigenvalue weighted by atomic mass is 10.1. The number of likely N-dealkylation sites (N-methyl/N-ethyl adjacent to an activating group) is 3. The molecule has 3 rings (SSSR count). The maximum Gasteiger partial charge on any atom is 0.294 e. The number of nitrogens with one attached hydrogen (secondary N) is 2.